The van der Waals surface area contributed by atoms with Gasteiger partial charge in [-0.3, -0.25) is 0 Å². The van der Waals surface area contributed by atoms with Crippen molar-refractivity contribution in [3.05, 3.63) is 29.3 Å². The van der Waals surface area contributed by atoms with Crippen LogP contribution >= 0.6 is 11.6 Å². The van der Waals surface area contributed by atoms with Gasteiger partial charge in [-0.2, -0.15) is 0 Å². The molecule has 0 aromatic heterocycles. The highest BCUT2D eigenvalue weighted by molar-refractivity contribution is 6.30. The third kappa shape index (κ3) is 5.25. The molecule has 3 nitrogen and oxygen atoms in total. The van der Waals surface area contributed by atoms with Crippen molar-refractivity contribution in [2.75, 3.05) is 19.7 Å². The van der Waals surface area contributed by atoms with Crippen molar-refractivity contribution >= 4 is 11.6 Å². The van der Waals surface area contributed by atoms with Gasteiger partial charge in [0.1, 0.15) is 18.5 Å². The highest BCUT2D eigenvalue weighted by Crippen LogP contribution is 2.31. The van der Waals surface area contributed by atoms with Crippen LogP contribution in [0.2, 0.25) is 5.02 Å². The molecule has 0 amide bonds. The maximum atomic E-state index is 9.74. The predicted octanol–water partition coefficient (Wildman–Crippen LogP) is 2.47. The predicted molar refractivity (Wildman–Crippen MR) is 73.2 cm³/mol. The molecule has 1 aromatic carbocycles. The van der Waals surface area contributed by atoms with Gasteiger partial charge in [0.25, 0.3) is 0 Å². The summed E-state index contributed by atoms with van der Waals surface area (Å²) in [6.07, 6.45) is 3.50. The average Bonchev–Trinajstić information content (AvgIpc) is 3.16. The number of aliphatic hydroxyl groups is 1. The third-order valence-corrected chi connectivity index (χ3v) is 3.28. The lowest BCUT2D eigenvalue weighted by molar-refractivity contribution is 0.106. The number of rotatable bonds is 8. The molecule has 0 saturated heterocycles. The fraction of sp³-hybridized carbons (Fsp3) is 0.571. The molecule has 1 fully saturated rings. The van der Waals surface area contributed by atoms with E-state index in [0.717, 1.165) is 12.5 Å². The molecule has 1 saturated carbocycles. The number of halogens is 1. The van der Waals surface area contributed by atoms with Crippen LogP contribution in [0.15, 0.2) is 24.3 Å². The summed E-state index contributed by atoms with van der Waals surface area (Å²) >= 11 is 5.84. The number of ether oxygens (including phenoxy) is 1. The smallest absolute Gasteiger partial charge is 0.120 e. The first-order chi connectivity index (χ1) is 8.74. The Hall–Kier alpha value is -0.770. The summed E-state index contributed by atoms with van der Waals surface area (Å²) in [7, 11) is 0. The number of hydrogen-bond donors (Lipinski definition) is 2. The molecule has 0 heterocycles. The molecule has 1 aliphatic rings. The Morgan fingerprint density at radius 1 is 1.44 bits per heavy atom. The molecular weight excluding hydrogens is 250 g/mol. The second-order valence-electron chi connectivity index (χ2n) is 4.86. The largest absolute Gasteiger partial charge is 0.491 e. The number of aliphatic hydroxyl groups excluding tert-OH is 1. The summed E-state index contributed by atoms with van der Waals surface area (Å²) in [5.41, 5.74) is 0. The minimum absolute atomic E-state index is 0.288. The molecule has 1 aliphatic carbocycles. The van der Waals surface area contributed by atoms with Gasteiger partial charge >= 0.3 is 0 Å². The normalized spacial score (nSPS) is 16.6. The second-order valence-corrected chi connectivity index (χ2v) is 5.29. The Balaban J connectivity index is 1.57. The van der Waals surface area contributed by atoms with Crippen LogP contribution in [0.4, 0.5) is 0 Å². The first kappa shape index (κ1) is 13.7. The van der Waals surface area contributed by atoms with Gasteiger partial charge in [0, 0.05) is 11.6 Å². The number of nitrogens with one attached hydrogen (secondary N) is 1. The van der Waals surface area contributed by atoms with Crippen LogP contribution in [0.5, 0.6) is 5.75 Å². The zero-order valence-corrected chi connectivity index (χ0v) is 11.2. The highest BCUT2D eigenvalue weighted by atomic mass is 35.5. The molecule has 0 bridgehead atoms. The highest BCUT2D eigenvalue weighted by Gasteiger charge is 2.20. The Bertz CT molecular complexity index is 369. The fourth-order valence-corrected chi connectivity index (χ4v) is 1.97. The summed E-state index contributed by atoms with van der Waals surface area (Å²) in [6.45, 7) is 1.85. The van der Waals surface area contributed by atoms with E-state index >= 15 is 0 Å². The van der Waals surface area contributed by atoms with Crippen molar-refractivity contribution < 1.29 is 9.84 Å². The van der Waals surface area contributed by atoms with E-state index in [4.69, 9.17) is 16.3 Å². The topological polar surface area (TPSA) is 41.5 Å². The van der Waals surface area contributed by atoms with E-state index in [1.54, 1.807) is 12.1 Å². The minimum Gasteiger partial charge on any atom is -0.491 e. The summed E-state index contributed by atoms with van der Waals surface area (Å²) in [6, 6.07) is 7.20. The molecule has 1 aromatic rings. The number of hydrogen-bond acceptors (Lipinski definition) is 3. The van der Waals surface area contributed by atoms with Crippen LogP contribution in [0, 0.1) is 5.92 Å². The monoisotopic (exact) mass is 269 g/mol. The molecule has 0 aliphatic heterocycles. The lowest BCUT2D eigenvalue weighted by Crippen LogP contribution is -2.32. The molecule has 100 valence electrons. The zero-order chi connectivity index (χ0) is 12.8. The standard InChI is InChI=1S/C14H20ClNO2/c15-12-2-1-3-14(8-12)18-10-13(17)9-16-7-6-11-4-5-11/h1-3,8,11,13,16-17H,4-7,9-10H2. The van der Waals surface area contributed by atoms with E-state index in [1.165, 1.54) is 19.3 Å². The molecule has 1 atom stereocenters. The molecular formula is C14H20ClNO2. The van der Waals surface area contributed by atoms with E-state index in [-0.39, 0.29) is 6.61 Å². The van der Waals surface area contributed by atoms with Crippen LogP contribution in [0.3, 0.4) is 0 Å². The first-order valence-corrected chi connectivity index (χ1v) is 6.89. The Labute approximate surface area is 113 Å². The van der Waals surface area contributed by atoms with E-state index < -0.39 is 6.10 Å². The lowest BCUT2D eigenvalue weighted by atomic mass is 10.3. The van der Waals surface area contributed by atoms with Crippen molar-refractivity contribution in [3.63, 3.8) is 0 Å². The van der Waals surface area contributed by atoms with Crippen molar-refractivity contribution in [1.29, 1.82) is 0 Å². The maximum Gasteiger partial charge on any atom is 0.120 e. The Kier molecular flexibility index (Phi) is 5.29. The third-order valence-electron chi connectivity index (χ3n) is 3.04. The van der Waals surface area contributed by atoms with Crippen molar-refractivity contribution in [2.45, 2.75) is 25.4 Å². The van der Waals surface area contributed by atoms with E-state index in [9.17, 15) is 5.11 Å². The van der Waals surface area contributed by atoms with Crippen LogP contribution in [-0.2, 0) is 0 Å². The minimum atomic E-state index is -0.483. The Morgan fingerprint density at radius 3 is 3.00 bits per heavy atom. The SMILES string of the molecule is OC(CNCCC1CC1)COc1cccc(Cl)c1. The molecule has 0 radical (unpaired) electrons. The second kappa shape index (κ2) is 6.98. The van der Waals surface area contributed by atoms with Gasteiger partial charge in [0.05, 0.1) is 0 Å². The molecule has 2 N–H and O–H groups in total. The van der Waals surface area contributed by atoms with Crippen LogP contribution in [0.25, 0.3) is 0 Å². The quantitative estimate of drug-likeness (QED) is 0.713. The van der Waals surface area contributed by atoms with Crippen LogP contribution in [-0.4, -0.2) is 30.9 Å². The van der Waals surface area contributed by atoms with E-state index in [0.29, 0.717) is 17.3 Å². The van der Waals surface area contributed by atoms with Gasteiger partial charge in [-0.25, -0.2) is 0 Å². The van der Waals surface area contributed by atoms with E-state index in [2.05, 4.69) is 5.32 Å². The molecule has 2 rings (SSSR count). The van der Waals surface area contributed by atoms with Gasteiger partial charge in [-0.1, -0.05) is 30.5 Å². The fourth-order valence-electron chi connectivity index (χ4n) is 1.79. The van der Waals surface area contributed by atoms with E-state index in [1.807, 2.05) is 12.1 Å². The van der Waals surface area contributed by atoms with Gasteiger partial charge in [0.15, 0.2) is 0 Å². The van der Waals surface area contributed by atoms with Gasteiger partial charge in [0.2, 0.25) is 0 Å². The van der Waals surface area contributed by atoms with Crippen LogP contribution in [0.1, 0.15) is 19.3 Å². The van der Waals surface area contributed by atoms with Crippen molar-refractivity contribution in [3.8, 4) is 5.75 Å². The molecule has 1 unspecified atom stereocenters. The summed E-state index contributed by atoms with van der Waals surface area (Å²) in [5.74, 6) is 1.62. The summed E-state index contributed by atoms with van der Waals surface area (Å²) < 4.78 is 5.46. The van der Waals surface area contributed by atoms with Crippen molar-refractivity contribution in [2.24, 2.45) is 5.92 Å². The lowest BCUT2D eigenvalue weighted by Gasteiger charge is -2.13. The first-order valence-electron chi connectivity index (χ1n) is 6.51. The average molecular weight is 270 g/mol. The summed E-state index contributed by atoms with van der Waals surface area (Å²) in [5, 5.41) is 13.6. The van der Waals surface area contributed by atoms with Gasteiger partial charge < -0.3 is 15.2 Å². The Morgan fingerprint density at radius 2 is 2.28 bits per heavy atom. The zero-order valence-electron chi connectivity index (χ0n) is 10.4. The summed E-state index contributed by atoms with van der Waals surface area (Å²) in [4.78, 5) is 0. The van der Waals surface area contributed by atoms with Crippen molar-refractivity contribution in [1.82, 2.24) is 5.32 Å². The molecule has 0 spiro atoms. The maximum absolute atomic E-state index is 9.74. The number of benzene rings is 1. The molecule has 4 heteroatoms. The van der Waals surface area contributed by atoms with Gasteiger partial charge in [-0.05, 0) is 37.1 Å². The molecule has 18 heavy (non-hydrogen) atoms. The van der Waals surface area contributed by atoms with Gasteiger partial charge in [-0.15, -0.1) is 0 Å². The van der Waals surface area contributed by atoms with Crippen LogP contribution < -0.4 is 10.1 Å².